The molecule has 1 saturated heterocycles. The number of furan rings is 1. The highest BCUT2D eigenvalue weighted by molar-refractivity contribution is 7.71. The normalized spacial score (nSPS) is 14.8. The largest absolute Gasteiger partial charge is 0.497 e. The van der Waals surface area contributed by atoms with Gasteiger partial charge in [-0.3, -0.25) is 9.47 Å². The van der Waals surface area contributed by atoms with Gasteiger partial charge in [-0.15, -0.1) is 5.10 Å². The van der Waals surface area contributed by atoms with Gasteiger partial charge in [-0.05, 0) is 60.6 Å². The van der Waals surface area contributed by atoms with Crippen LogP contribution < -0.4 is 9.64 Å². The molecule has 8 heteroatoms. The van der Waals surface area contributed by atoms with Crippen LogP contribution in [0.2, 0.25) is 0 Å². The molecule has 0 spiro atoms. The monoisotopic (exact) mass is 475 g/mol. The second-order valence-electron chi connectivity index (χ2n) is 8.45. The van der Waals surface area contributed by atoms with Gasteiger partial charge >= 0.3 is 0 Å². The lowest BCUT2D eigenvalue weighted by molar-refractivity contribution is 0.219. The zero-order chi connectivity index (χ0) is 23.3. The molecule has 4 aromatic rings. The molecule has 1 aliphatic rings. The van der Waals surface area contributed by atoms with Gasteiger partial charge in [-0.25, -0.2) is 4.68 Å². The Labute approximate surface area is 204 Å². The van der Waals surface area contributed by atoms with Gasteiger partial charge in [0.1, 0.15) is 5.75 Å². The Morgan fingerprint density at radius 3 is 2.50 bits per heavy atom. The summed E-state index contributed by atoms with van der Waals surface area (Å²) in [7, 11) is 1.70. The van der Waals surface area contributed by atoms with E-state index < -0.39 is 0 Å². The maximum absolute atomic E-state index is 5.88. The minimum Gasteiger partial charge on any atom is -0.497 e. The van der Waals surface area contributed by atoms with Crippen LogP contribution in [-0.2, 0) is 13.2 Å². The standard InChI is InChI=1S/C26H29N5O2S/c1-32-23-12-10-22(11-13-23)29-15-6-14-28(16-17-29)20-31-26(34)30(19-21-7-3-2-4-8-21)25(27-31)24-9-5-18-33-24/h2-5,7-13,18H,6,14-17,19-20H2,1H3. The molecule has 0 amide bonds. The molecule has 0 N–H and O–H groups in total. The molecule has 34 heavy (non-hydrogen) atoms. The van der Waals surface area contributed by atoms with Gasteiger partial charge in [0.15, 0.2) is 16.4 Å². The molecule has 0 radical (unpaired) electrons. The fourth-order valence-electron chi connectivity index (χ4n) is 4.38. The topological polar surface area (TPSA) is 51.6 Å². The number of benzene rings is 2. The summed E-state index contributed by atoms with van der Waals surface area (Å²) in [6.45, 7) is 5.22. The third-order valence-corrected chi connectivity index (χ3v) is 6.64. The van der Waals surface area contributed by atoms with Gasteiger partial charge in [-0.1, -0.05) is 30.3 Å². The lowest BCUT2D eigenvalue weighted by Crippen LogP contribution is -2.32. The number of methoxy groups -OCH3 is 1. The Kier molecular flexibility index (Phi) is 6.78. The van der Waals surface area contributed by atoms with E-state index in [1.165, 1.54) is 11.3 Å². The lowest BCUT2D eigenvalue weighted by atomic mass is 10.2. The predicted molar refractivity (Wildman–Crippen MR) is 136 cm³/mol. The van der Waals surface area contributed by atoms with Crippen LogP contribution in [0.4, 0.5) is 5.69 Å². The third kappa shape index (κ3) is 4.93. The quantitative estimate of drug-likeness (QED) is 0.355. The van der Waals surface area contributed by atoms with Crippen molar-refractivity contribution < 1.29 is 9.15 Å². The van der Waals surface area contributed by atoms with Crippen molar-refractivity contribution in [2.45, 2.75) is 19.6 Å². The first kappa shape index (κ1) is 22.4. The Balaban J connectivity index is 1.34. The fourth-order valence-corrected chi connectivity index (χ4v) is 4.63. The molecule has 1 fully saturated rings. The molecule has 2 aromatic heterocycles. The lowest BCUT2D eigenvalue weighted by Gasteiger charge is -2.23. The van der Waals surface area contributed by atoms with Crippen molar-refractivity contribution >= 4 is 17.9 Å². The van der Waals surface area contributed by atoms with Gasteiger partial charge in [0.2, 0.25) is 0 Å². The minimum atomic E-state index is 0.654. The summed E-state index contributed by atoms with van der Waals surface area (Å²) in [5, 5.41) is 4.88. The van der Waals surface area contributed by atoms with Crippen LogP contribution in [-0.4, -0.2) is 52.5 Å². The van der Waals surface area contributed by atoms with Crippen LogP contribution in [0.3, 0.4) is 0 Å². The maximum Gasteiger partial charge on any atom is 0.199 e. The molecule has 0 unspecified atom stereocenters. The zero-order valence-electron chi connectivity index (χ0n) is 19.3. The van der Waals surface area contributed by atoms with Crippen LogP contribution >= 0.6 is 12.2 Å². The van der Waals surface area contributed by atoms with Crippen molar-refractivity contribution in [1.29, 1.82) is 0 Å². The molecule has 7 nitrogen and oxygen atoms in total. The highest BCUT2D eigenvalue weighted by atomic mass is 32.1. The van der Waals surface area contributed by atoms with Crippen molar-refractivity contribution in [3.8, 4) is 17.3 Å². The van der Waals surface area contributed by atoms with E-state index in [-0.39, 0.29) is 0 Å². The number of anilines is 1. The number of nitrogens with zero attached hydrogens (tertiary/aromatic N) is 5. The van der Waals surface area contributed by atoms with Crippen molar-refractivity contribution in [2.24, 2.45) is 0 Å². The summed E-state index contributed by atoms with van der Waals surface area (Å²) in [6, 6.07) is 22.4. The molecule has 2 aromatic carbocycles. The average molecular weight is 476 g/mol. The van der Waals surface area contributed by atoms with Crippen LogP contribution in [0.15, 0.2) is 77.4 Å². The van der Waals surface area contributed by atoms with Crippen molar-refractivity contribution in [3.63, 3.8) is 0 Å². The number of hydrogen-bond donors (Lipinski definition) is 0. The summed E-state index contributed by atoms with van der Waals surface area (Å²) in [5.74, 6) is 2.36. The number of rotatable bonds is 7. The van der Waals surface area contributed by atoms with Gasteiger partial charge in [0.05, 0.1) is 26.6 Å². The molecular formula is C26H29N5O2S. The zero-order valence-corrected chi connectivity index (χ0v) is 20.2. The molecule has 0 aliphatic carbocycles. The van der Waals surface area contributed by atoms with E-state index in [2.05, 4.69) is 38.6 Å². The molecule has 5 rings (SSSR count). The van der Waals surface area contributed by atoms with E-state index >= 15 is 0 Å². The molecule has 0 bridgehead atoms. The van der Waals surface area contributed by atoms with E-state index in [4.69, 9.17) is 26.5 Å². The minimum absolute atomic E-state index is 0.654. The summed E-state index contributed by atoms with van der Waals surface area (Å²) >= 11 is 5.88. The Morgan fingerprint density at radius 1 is 0.941 bits per heavy atom. The van der Waals surface area contributed by atoms with E-state index in [9.17, 15) is 0 Å². The first-order valence-corrected chi connectivity index (χ1v) is 12.0. The van der Waals surface area contributed by atoms with E-state index in [1.54, 1.807) is 13.4 Å². The number of ether oxygens (including phenoxy) is 1. The second kappa shape index (κ2) is 10.3. The average Bonchev–Trinajstić information content (AvgIpc) is 3.43. The van der Waals surface area contributed by atoms with Crippen molar-refractivity contribution in [2.75, 3.05) is 38.2 Å². The maximum atomic E-state index is 5.88. The van der Waals surface area contributed by atoms with E-state index in [0.29, 0.717) is 18.0 Å². The summed E-state index contributed by atoms with van der Waals surface area (Å²) in [6.07, 6.45) is 2.75. The SMILES string of the molecule is COc1ccc(N2CCCN(Cn3nc(-c4ccco4)n(Cc4ccccc4)c3=S)CC2)cc1. The van der Waals surface area contributed by atoms with Gasteiger partial charge in [-0.2, -0.15) is 0 Å². The first-order chi connectivity index (χ1) is 16.7. The second-order valence-corrected chi connectivity index (χ2v) is 8.82. The number of hydrogen-bond acceptors (Lipinski definition) is 6. The van der Waals surface area contributed by atoms with Crippen molar-refractivity contribution in [1.82, 2.24) is 19.2 Å². The smallest absolute Gasteiger partial charge is 0.199 e. The first-order valence-electron chi connectivity index (χ1n) is 11.6. The fraction of sp³-hybridized carbons (Fsp3) is 0.308. The molecule has 0 saturated carbocycles. The van der Waals surface area contributed by atoms with Crippen LogP contribution in [0.25, 0.3) is 11.6 Å². The highest BCUT2D eigenvalue weighted by Gasteiger charge is 2.20. The molecule has 0 atom stereocenters. The Bertz CT molecular complexity index is 1250. The Morgan fingerprint density at radius 2 is 1.76 bits per heavy atom. The predicted octanol–water partition coefficient (Wildman–Crippen LogP) is 4.90. The van der Waals surface area contributed by atoms with Crippen molar-refractivity contribution in [3.05, 3.63) is 83.3 Å². The summed E-state index contributed by atoms with van der Waals surface area (Å²) in [4.78, 5) is 4.85. The van der Waals surface area contributed by atoms with E-state index in [1.807, 2.05) is 47.1 Å². The molecular weight excluding hydrogens is 446 g/mol. The van der Waals surface area contributed by atoms with Crippen LogP contribution in [0, 0.1) is 4.77 Å². The number of aromatic nitrogens is 3. The molecule has 3 heterocycles. The van der Waals surface area contributed by atoms with Gasteiger partial charge in [0, 0.05) is 31.9 Å². The molecule has 176 valence electrons. The highest BCUT2D eigenvalue weighted by Crippen LogP contribution is 2.22. The van der Waals surface area contributed by atoms with Gasteiger partial charge < -0.3 is 14.1 Å². The summed E-state index contributed by atoms with van der Waals surface area (Å²) in [5.41, 5.74) is 2.40. The van der Waals surface area contributed by atoms with E-state index in [0.717, 1.165) is 49.9 Å². The molecule has 1 aliphatic heterocycles. The van der Waals surface area contributed by atoms with Crippen LogP contribution in [0.1, 0.15) is 12.0 Å². The summed E-state index contributed by atoms with van der Waals surface area (Å²) < 4.78 is 15.7. The Hall–Kier alpha value is -3.36. The van der Waals surface area contributed by atoms with Gasteiger partial charge in [0.25, 0.3) is 0 Å². The third-order valence-electron chi connectivity index (χ3n) is 6.21. The van der Waals surface area contributed by atoms with Crippen LogP contribution in [0.5, 0.6) is 5.75 Å².